The van der Waals surface area contributed by atoms with Crippen molar-refractivity contribution in [2.45, 2.75) is 37.2 Å². The molecular weight excluding hydrogens is 380 g/mol. The second kappa shape index (κ2) is 6.02. The summed E-state index contributed by atoms with van der Waals surface area (Å²) in [5, 5.41) is 0. The Morgan fingerprint density at radius 2 is 1.17 bits per heavy atom. The molecule has 1 unspecified atom stereocenters. The average Bonchev–Trinajstić information content (AvgIpc) is 2.21. The molecule has 0 aromatic carbocycles. The molecule has 0 aromatic heterocycles. The van der Waals surface area contributed by atoms with Crippen molar-refractivity contribution in [2.75, 3.05) is 0 Å². The number of hydrogen-bond donors (Lipinski definition) is 0. The Kier molecular flexibility index (Phi) is 5.61. The number of rotatable bonds is 4. The fourth-order valence-electron chi connectivity index (χ4n) is 1.33. The lowest BCUT2D eigenvalue weighted by Gasteiger charge is -2.40. The van der Waals surface area contributed by atoms with Crippen LogP contribution in [0, 0.1) is 5.92 Å². The fourth-order valence-corrected chi connectivity index (χ4v) is 1.33. The molecule has 0 saturated heterocycles. The Morgan fingerprint density at radius 1 is 0.833 bits per heavy atom. The molecular formula is C10H6F12O2. The third-order valence-corrected chi connectivity index (χ3v) is 2.40. The van der Waals surface area contributed by atoms with Gasteiger partial charge in [-0.2, -0.15) is 52.7 Å². The van der Waals surface area contributed by atoms with Crippen LogP contribution in [0.5, 0.6) is 0 Å². The molecule has 0 radical (unpaired) electrons. The van der Waals surface area contributed by atoms with Gasteiger partial charge in [-0.25, -0.2) is 4.79 Å². The normalized spacial score (nSPS) is 16.8. The van der Waals surface area contributed by atoms with Gasteiger partial charge in [-0.05, 0) is 6.92 Å². The molecule has 0 amide bonds. The fraction of sp³-hybridized carbons (Fsp3) is 0.700. The summed E-state index contributed by atoms with van der Waals surface area (Å²) >= 11 is 0. The highest BCUT2D eigenvalue weighted by Gasteiger charge is 2.85. The number of carbonyl (C=O) groups excluding carboxylic acids is 1. The molecule has 0 heterocycles. The first-order valence-corrected chi connectivity index (χ1v) is 5.35. The SMILES string of the molecule is C=C(C)C(=O)OC(F)(C(C(F)(F)F)C(F)(F)F)C(F)(F)C(F)(F)F. The molecule has 0 saturated carbocycles. The number of halogens is 12. The van der Waals surface area contributed by atoms with Crippen LogP contribution in [0.25, 0.3) is 0 Å². The summed E-state index contributed by atoms with van der Waals surface area (Å²) in [5.41, 5.74) is -1.22. The van der Waals surface area contributed by atoms with E-state index >= 15 is 0 Å². The molecule has 142 valence electrons. The van der Waals surface area contributed by atoms with E-state index in [9.17, 15) is 57.5 Å². The molecule has 0 N–H and O–H groups in total. The minimum atomic E-state index is -7.35. The highest BCUT2D eigenvalue weighted by Crippen LogP contribution is 2.57. The van der Waals surface area contributed by atoms with Crippen molar-refractivity contribution in [1.82, 2.24) is 0 Å². The number of esters is 1. The first-order valence-electron chi connectivity index (χ1n) is 5.35. The monoisotopic (exact) mass is 386 g/mol. The van der Waals surface area contributed by atoms with Crippen LogP contribution < -0.4 is 0 Å². The lowest BCUT2D eigenvalue weighted by Crippen LogP contribution is -2.66. The van der Waals surface area contributed by atoms with E-state index in [0.717, 1.165) is 0 Å². The maximum absolute atomic E-state index is 13.9. The van der Waals surface area contributed by atoms with E-state index in [1.807, 2.05) is 0 Å². The molecule has 0 aromatic rings. The molecule has 0 aliphatic rings. The molecule has 0 fully saturated rings. The number of carbonyl (C=O) groups is 1. The number of alkyl halides is 12. The second-order valence-corrected chi connectivity index (χ2v) is 4.40. The summed E-state index contributed by atoms with van der Waals surface area (Å²) in [6, 6.07) is 0. The van der Waals surface area contributed by atoms with E-state index in [1.54, 1.807) is 0 Å². The van der Waals surface area contributed by atoms with Gasteiger partial charge in [-0.15, -0.1) is 0 Å². The predicted octanol–water partition coefficient (Wildman–Crippen LogP) is 4.71. The minimum Gasteiger partial charge on any atom is -0.417 e. The van der Waals surface area contributed by atoms with Crippen molar-refractivity contribution >= 4 is 5.97 Å². The Labute approximate surface area is 125 Å². The molecule has 1 atom stereocenters. The molecule has 0 spiro atoms. The standard InChI is InChI=1S/C10H6F12O2/c1-3(2)4(23)24-6(11,9(18,19)10(20,21)22)5(7(12,13)14)8(15,16)17/h5H,1H2,2H3. The molecule has 0 aliphatic heterocycles. The van der Waals surface area contributed by atoms with Crippen LogP contribution in [-0.4, -0.2) is 36.3 Å². The van der Waals surface area contributed by atoms with Gasteiger partial charge in [0.1, 0.15) is 0 Å². The Balaban J connectivity index is 6.63. The van der Waals surface area contributed by atoms with Gasteiger partial charge in [-0.3, -0.25) is 0 Å². The van der Waals surface area contributed by atoms with E-state index in [4.69, 9.17) is 0 Å². The van der Waals surface area contributed by atoms with Gasteiger partial charge in [0, 0.05) is 5.57 Å². The van der Waals surface area contributed by atoms with E-state index in [-0.39, 0.29) is 0 Å². The molecule has 14 heteroatoms. The largest absolute Gasteiger partial charge is 0.460 e. The predicted molar refractivity (Wildman–Crippen MR) is 51.3 cm³/mol. The van der Waals surface area contributed by atoms with Gasteiger partial charge in [0.05, 0.1) is 0 Å². The molecule has 0 bridgehead atoms. The smallest absolute Gasteiger partial charge is 0.417 e. The summed E-state index contributed by atoms with van der Waals surface area (Å²) in [6.07, 6.45) is -21.3. The lowest BCUT2D eigenvalue weighted by atomic mass is 9.92. The Hall–Kier alpha value is -1.63. The van der Waals surface area contributed by atoms with Crippen molar-refractivity contribution in [3.05, 3.63) is 12.2 Å². The highest BCUT2D eigenvalue weighted by atomic mass is 19.4. The van der Waals surface area contributed by atoms with Crippen LogP contribution in [0.3, 0.4) is 0 Å². The maximum Gasteiger partial charge on any atom is 0.460 e. The molecule has 24 heavy (non-hydrogen) atoms. The third-order valence-electron chi connectivity index (χ3n) is 2.40. The van der Waals surface area contributed by atoms with Crippen molar-refractivity contribution in [3.63, 3.8) is 0 Å². The van der Waals surface area contributed by atoms with Crippen molar-refractivity contribution in [3.8, 4) is 0 Å². The van der Waals surface area contributed by atoms with Crippen molar-refractivity contribution in [1.29, 1.82) is 0 Å². The summed E-state index contributed by atoms with van der Waals surface area (Å²) in [7, 11) is 0. The zero-order chi connectivity index (χ0) is 19.9. The van der Waals surface area contributed by atoms with Gasteiger partial charge >= 0.3 is 36.3 Å². The molecule has 0 rings (SSSR count). The van der Waals surface area contributed by atoms with Crippen molar-refractivity contribution in [2.24, 2.45) is 5.92 Å². The zero-order valence-electron chi connectivity index (χ0n) is 11.1. The van der Waals surface area contributed by atoms with Crippen LogP contribution in [-0.2, 0) is 9.53 Å². The first kappa shape index (κ1) is 22.4. The first-order chi connectivity index (χ1) is 10.2. The van der Waals surface area contributed by atoms with Crippen LogP contribution >= 0.6 is 0 Å². The third kappa shape index (κ3) is 4.06. The van der Waals surface area contributed by atoms with Crippen LogP contribution in [0.1, 0.15) is 6.92 Å². The van der Waals surface area contributed by atoms with Crippen LogP contribution in [0.2, 0.25) is 0 Å². The number of ether oxygens (including phenoxy) is 1. The van der Waals surface area contributed by atoms with Gasteiger partial charge < -0.3 is 4.74 Å². The summed E-state index contributed by atoms with van der Waals surface area (Å²) in [5.74, 6) is -22.8. The van der Waals surface area contributed by atoms with Gasteiger partial charge in [-0.1, -0.05) is 6.58 Å². The average molecular weight is 386 g/mol. The Morgan fingerprint density at radius 3 is 1.38 bits per heavy atom. The van der Waals surface area contributed by atoms with Gasteiger partial charge in [0.2, 0.25) is 5.92 Å². The Bertz CT molecular complexity index is 485. The second-order valence-electron chi connectivity index (χ2n) is 4.40. The van der Waals surface area contributed by atoms with E-state index in [1.165, 1.54) is 0 Å². The van der Waals surface area contributed by atoms with Crippen LogP contribution in [0.4, 0.5) is 52.7 Å². The maximum atomic E-state index is 13.9. The van der Waals surface area contributed by atoms with E-state index in [0.29, 0.717) is 6.92 Å². The zero-order valence-corrected chi connectivity index (χ0v) is 11.1. The van der Waals surface area contributed by atoms with E-state index < -0.39 is 47.8 Å². The molecule has 0 aliphatic carbocycles. The summed E-state index contributed by atoms with van der Waals surface area (Å²) in [6.45, 7) is 3.00. The van der Waals surface area contributed by atoms with Gasteiger partial charge in [0.15, 0.2) is 0 Å². The topological polar surface area (TPSA) is 26.3 Å². The summed E-state index contributed by atoms with van der Waals surface area (Å²) in [4.78, 5) is 10.9. The number of hydrogen-bond acceptors (Lipinski definition) is 2. The van der Waals surface area contributed by atoms with Crippen molar-refractivity contribution < 1.29 is 62.2 Å². The van der Waals surface area contributed by atoms with Crippen LogP contribution in [0.15, 0.2) is 12.2 Å². The molecule has 2 nitrogen and oxygen atoms in total. The summed E-state index contributed by atoms with van der Waals surface area (Å²) < 4.78 is 154. The highest BCUT2D eigenvalue weighted by molar-refractivity contribution is 5.87. The minimum absolute atomic E-state index is 0.463. The van der Waals surface area contributed by atoms with Gasteiger partial charge in [0.25, 0.3) is 0 Å². The van der Waals surface area contributed by atoms with E-state index in [2.05, 4.69) is 11.3 Å². The lowest BCUT2D eigenvalue weighted by molar-refractivity contribution is -0.437. The quantitative estimate of drug-likeness (QED) is 0.398.